The monoisotopic (exact) mass is 147 g/mol. The van der Waals surface area contributed by atoms with Crippen molar-refractivity contribution in [3.63, 3.8) is 0 Å². The van der Waals surface area contributed by atoms with Crippen molar-refractivity contribution in [2.24, 2.45) is 5.73 Å². The van der Waals surface area contributed by atoms with Crippen LogP contribution in [0.4, 0.5) is 0 Å². The molecule has 2 N–H and O–H groups in total. The molecule has 56 valence electrons. The number of aromatic nitrogens is 1. The SMILES string of the molecule is C[C@](N)(C#N)c1ccccn1. The molecule has 1 rings (SSSR count). The van der Waals surface area contributed by atoms with Crippen molar-refractivity contribution in [1.29, 1.82) is 5.26 Å². The van der Waals surface area contributed by atoms with Gasteiger partial charge in [0.25, 0.3) is 0 Å². The van der Waals surface area contributed by atoms with E-state index in [9.17, 15) is 0 Å². The average Bonchev–Trinajstić information content (AvgIpc) is 2.06. The highest BCUT2D eigenvalue weighted by atomic mass is 14.8. The summed E-state index contributed by atoms with van der Waals surface area (Å²) in [5.74, 6) is 0. The molecule has 0 aliphatic heterocycles. The van der Waals surface area contributed by atoms with Gasteiger partial charge in [-0.3, -0.25) is 4.98 Å². The summed E-state index contributed by atoms with van der Waals surface area (Å²) < 4.78 is 0. The molecule has 0 fully saturated rings. The van der Waals surface area contributed by atoms with Gasteiger partial charge >= 0.3 is 0 Å². The maximum atomic E-state index is 8.63. The van der Waals surface area contributed by atoms with E-state index < -0.39 is 5.54 Å². The van der Waals surface area contributed by atoms with Gasteiger partial charge in [-0.25, -0.2) is 0 Å². The van der Waals surface area contributed by atoms with E-state index in [0.717, 1.165) is 0 Å². The van der Waals surface area contributed by atoms with E-state index in [1.807, 2.05) is 12.1 Å². The number of pyridine rings is 1. The van der Waals surface area contributed by atoms with Crippen LogP contribution in [0.5, 0.6) is 0 Å². The van der Waals surface area contributed by atoms with E-state index in [2.05, 4.69) is 4.98 Å². The molecule has 1 heterocycles. The molecular formula is C8H9N3. The molecule has 0 radical (unpaired) electrons. The van der Waals surface area contributed by atoms with Gasteiger partial charge < -0.3 is 5.73 Å². The second-order valence-electron chi connectivity index (χ2n) is 2.53. The first-order valence-corrected chi connectivity index (χ1v) is 3.28. The number of rotatable bonds is 1. The fourth-order valence-electron chi connectivity index (χ4n) is 0.727. The standard InChI is InChI=1S/C8H9N3/c1-8(10,6-9)7-4-2-3-5-11-7/h2-5H,10H2,1H3/t8-/m0/s1. The third-order valence-corrected chi connectivity index (χ3v) is 1.43. The number of hydrogen-bond donors (Lipinski definition) is 1. The highest BCUT2D eigenvalue weighted by Gasteiger charge is 2.20. The molecule has 0 aromatic carbocycles. The molecule has 0 amide bonds. The lowest BCUT2D eigenvalue weighted by Crippen LogP contribution is -2.31. The average molecular weight is 147 g/mol. The van der Waals surface area contributed by atoms with Gasteiger partial charge in [-0.15, -0.1) is 0 Å². The number of nitriles is 1. The summed E-state index contributed by atoms with van der Waals surface area (Å²) in [5, 5.41) is 8.63. The number of nitrogens with two attached hydrogens (primary N) is 1. The quantitative estimate of drug-likeness (QED) is 0.638. The van der Waals surface area contributed by atoms with Gasteiger partial charge in [-0.2, -0.15) is 5.26 Å². The largest absolute Gasteiger partial charge is 0.309 e. The van der Waals surface area contributed by atoms with Crippen LogP contribution < -0.4 is 5.73 Å². The molecule has 11 heavy (non-hydrogen) atoms. The van der Waals surface area contributed by atoms with Crippen LogP contribution in [0.3, 0.4) is 0 Å². The maximum Gasteiger partial charge on any atom is 0.143 e. The van der Waals surface area contributed by atoms with Gasteiger partial charge in [0.05, 0.1) is 11.8 Å². The first kappa shape index (κ1) is 7.70. The van der Waals surface area contributed by atoms with Crippen LogP contribution in [0.15, 0.2) is 24.4 Å². The fourth-order valence-corrected chi connectivity index (χ4v) is 0.727. The Labute approximate surface area is 65.5 Å². The molecule has 3 heteroatoms. The second-order valence-corrected chi connectivity index (χ2v) is 2.53. The molecule has 0 aliphatic rings. The Hall–Kier alpha value is -1.40. The van der Waals surface area contributed by atoms with Crippen molar-refractivity contribution < 1.29 is 0 Å². The normalized spacial score (nSPS) is 15.0. The highest BCUT2D eigenvalue weighted by Crippen LogP contribution is 2.11. The van der Waals surface area contributed by atoms with Crippen molar-refractivity contribution in [3.8, 4) is 6.07 Å². The van der Waals surface area contributed by atoms with Crippen molar-refractivity contribution in [2.45, 2.75) is 12.5 Å². The predicted molar refractivity (Wildman–Crippen MR) is 41.4 cm³/mol. The molecule has 0 aliphatic carbocycles. The minimum atomic E-state index is -0.971. The van der Waals surface area contributed by atoms with E-state index >= 15 is 0 Å². The minimum absolute atomic E-state index is 0.600. The summed E-state index contributed by atoms with van der Waals surface area (Å²) in [6.45, 7) is 1.63. The number of nitrogens with zero attached hydrogens (tertiary/aromatic N) is 2. The predicted octanol–water partition coefficient (Wildman–Crippen LogP) is 0.779. The molecule has 0 spiro atoms. The van der Waals surface area contributed by atoms with Gasteiger partial charge in [0.15, 0.2) is 0 Å². The third-order valence-electron chi connectivity index (χ3n) is 1.43. The summed E-state index contributed by atoms with van der Waals surface area (Å²) >= 11 is 0. The summed E-state index contributed by atoms with van der Waals surface area (Å²) in [5.41, 5.74) is 5.24. The van der Waals surface area contributed by atoms with Crippen LogP contribution >= 0.6 is 0 Å². The highest BCUT2D eigenvalue weighted by molar-refractivity contribution is 5.21. The van der Waals surface area contributed by atoms with Crippen molar-refractivity contribution in [2.75, 3.05) is 0 Å². The van der Waals surface area contributed by atoms with Crippen LogP contribution in [-0.4, -0.2) is 4.98 Å². The fraction of sp³-hybridized carbons (Fsp3) is 0.250. The molecule has 1 atom stereocenters. The van der Waals surface area contributed by atoms with Gasteiger partial charge in [0, 0.05) is 6.20 Å². The molecular weight excluding hydrogens is 138 g/mol. The molecule has 0 bridgehead atoms. The lowest BCUT2D eigenvalue weighted by atomic mass is 10.0. The Balaban J connectivity index is 3.05. The zero-order chi connectivity index (χ0) is 8.32. The van der Waals surface area contributed by atoms with Crippen LogP contribution in [0.25, 0.3) is 0 Å². The molecule has 1 aromatic rings. The van der Waals surface area contributed by atoms with Gasteiger partial charge in [-0.1, -0.05) is 6.07 Å². The van der Waals surface area contributed by atoms with Crippen LogP contribution in [0.1, 0.15) is 12.6 Å². The maximum absolute atomic E-state index is 8.63. The second kappa shape index (κ2) is 2.69. The van der Waals surface area contributed by atoms with Crippen LogP contribution in [0.2, 0.25) is 0 Å². The van der Waals surface area contributed by atoms with Gasteiger partial charge in [0.2, 0.25) is 0 Å². The van der Waals surface area contributed by atoms with E-state index in [1.165, 1.54) is 0 Å². The van der Waals surface area contributed by atoms with Crippen molar-refractivity contribution in [3.05, 3.63) is 30.1 Å². The van der Waals surface area contributed by atoms with Gasteiger partial charge in [0.1, 0.15) is 5.54 Å². The summed E-state index contributed by atoms with van der Waals surface area (Å²) in [6.07, 6.45) is 1.62. The van der Waals surface area contributed by atoms with Crippen molar-refractivity contribution >= 4 is 0 Å². The van der Waals surface area contributed by atoms with Gasteiger partial charge in [-0.05, 0) is 19.1 Å². The third kappa shape index (κ3) is 1.54. The molecule has 0 unspecified atom stereocenters. The van der Waals surface area contributed by atoms with E-state index in [1.54, 1.807) is 25.3 Å². The topological polar surface area (TPSA) is 62.7 Å². The zero-order valence-electron chi connectivity index (χ0n) is 6.28. The van der Waals surface area contributed by atoms with Crippen molar-refractivity contribution in [1.82, 2.24) is 4.98 Å². The molecule has 0 saturated heterocycles. The van der Waals surface area contributed by atoms with Crippen LogP contribution in [0, 0.1) is 11.3 Å². The lowest BCUT2D eigenvalue weighted by molar-refractivity contribution is 0.622. The lowest BCUT2D eigenvalue weighted by Gasteiger charge is -2.13. The zero-order valence-corrected chi connectivity index (χ0v) is 6.28. The van der Waals surface area contributed by atoms with Crippen LogP contribution in [-0.2, 0) is 5.54 Å². The summed E-state index contributed by atoms with van der Waals surface area (Å²) in [6, 6.07) is 7.31. The van der Waals surface area contributed by atoms with E-state index in [0.29, 0.717) is 5.69 Å². The molecule has 0 saturated carbocycles. The Bertz CT molecular complexity index is 271. The molecule has 3 nitrogen and oxygen atoms in total. The van der Waals surface area contributed by atoms with E-state index in [-0.39, 0.29) is 0 Å². The summed E-state index contributed by atoms with van der Waals surface area (Å²) in [4.78, 5) is 3.97. The Morgan fingerprint density at radius 1 is 1.64 bits per heavy atom. The minimum Gasteiger partial charge on any atom is -0.309 e. The Kier molecular flexibility index (Phi) is 1.88. The number of hydrogen-bond acceptors (Lipinski definition) is 3. The first-order chi connectivity index (χ1) is 5.17. The Morgan fingerprint density at radius 2 is 2.36 bits per heavy atom. The summed E-state index contributed by atoms with van der Waals surface area (Å²) in [7, 11) is 0. The first-order valence-electron chi connectivity index (χ1n) is 3.28. The Morgan fingerprint density at radius 3 is 2.82 bits per heavy atom. The smallest absolute Gasteiger partial charge is 0.143 e. The molecule has 1 aromatic heterocycles. The van der Waals surface area contributed by atoms with E-state index in [4.69, 9.17) is 11.0 Å².